The maximum absolute atomic E-state index is 13.3. The van der Waals surface area contributed by atoms with Crippen LogP contribution in [-0.4, -0.2) is 17.9 Å². The smallest absolute Gasteiger partial charge is 0.186 e. The van der Waals surface area contributed by atoms with Gasteiger partial charge in [-0.25, -0.2) is 8.78 Å². The van der Waals surface area contributed by atoms with Gasteiger partial charge in [-0.2, -0.15) is 5.10 Å². The highest BCUT2D eigenvalue weighted by Crippen LogP contribution is 2.06. The van der Waals surface area contributed by atoms with E-state index < -0.39 is 11.6 Å². The van der Waals surface area contributed by atoms with Crippen molar-refractivity contribution < 1.29 is 8.78 Å². The SMILES string of the molecule is CCCCCNC(=S)N/N=C\c1ccc(F)cc1F. The van der Waals surface area contributed by atoms with Crippen LogP contribution in [0.3, 0.4) is 0 Å². The number of hydrogen-bond acceptors (Lipinski definition) is 2. The molecule has 0 spiro atoms. The quantitative estimate of drug-likeness (QED) is 0.365. The standard InChI is InChI=1S/C13H17F2N3S/c1-2-3-4-7-16-13(19)18-17-9-10-5-6-11(14)8-12(10)15/h5-6,8-9H,2-4,7H2,1H3,(H2,16,18,19)/b17-9-. The lowest BCUT2D eigenvalue weighted by atomic mass is 10.2. The molecule has 0 aliphatic rings. The average Bonchev–Trinajstić information content (AvgIpc) is 2.37. The van der Waals surface area contributed by atoms with Crippen molar-refractivity contribution >= 4 is 23.5 Å². The number of nitrogens with zero attached hydrogens (tertiary/aromatic N) is 1. The number of unbranched alkanes of at least 4 members (excludes halogenated alkanes) is 2. The fourth-order valence-corrected chi connectivity index (χ4v) is 1.54. The van der Waals surface area contributed by atoms with Gasteiger partial charge >= 0.3 is 0 Å². The number of nitrogens with one attached hydrogen (secondary N) is 2. The molecular formula is C13H17F2N3S. The lowest BCUT2D eigenvalue weighted by Crippen LogP contribution is -2.32. The summed E-state index contributed by atoms with van der Waals surface area (Å²) in [4.78, 5) is 0. The maximum Gasteiger partial charge on any atom is 0.186 e. The highest BCUT2D eigenvalue weighted by molar-refractivity contribution is 7.80. The van der Waals surface area contributed by atoms with Crippen molar-refractivity contribution in [1.82, 2.24) is 10.7 Å². The first kappa shape index (κ1) is 15.5. The summed E-state index contributed by atoms with van der Waals surface area (Å²) < 4.78 is 25.9. The highest BCUT2D eigenvalue weighted by atomic mass is 32.1. The molecule has 0 saturated carbocycles. The number of thiocarbonyl (C=S) groups is 1. The fourth-order valence-electron chi connectivity index (χ4n) is 1.38. The molecule has 19 heavy (non-hydrogen) atoms. The Morgan fingerprint density at radius 1 is 1.37 bits per heavy atom. The van der Waals surface area contributed by atoms with Gasteiger partial charge in [0.05, 0.1) is 6.21 Å². The second kappa shape index (κ2) is 8.53. The monoisotopic (exact) mass is 285 g/mol. The molecule has 3 nitrogen and oxygen atoms in total. The largest absolute Gasteiger partial charge is 0.361 e. The first-order valence-electron chi connectivity index (χ1n) is 6.15. The molecule has 0 aliphatic heterocycles. The van der Waals surface area contributed by atoms with E-state index in [9.17, 15) is 8.78 Å². The molecule has 1 aromatic rings. The van der Waals surface area contributed by atoms with Crippen molar-refractivity contribution in [1.29, 1.82) is 0 Å². The molecule has 0 atom stereocenters. The first-order valence-corrected chi connectivity index (χ1v) is 6.56. The molecule has 1 aromatic carbocycles. The van der Waals surface area contributed by atoms with Crippen LogP contribution in [0, 0.1) is 11.6 Å². The zero-order valence-electron chi connectivity index (χ0n) is 10.7. The van der Waals surface area contributed by atoms with Gasteiger partial charge < -0.3 is 5.32 Å². The van der Waals surface area contributed by atoms with Crippen LogP contribution in [0.4, 0.5) is 8.78 Å². The van der Waals surface area contributed by atoms with Crippen molar-refractivity contribution in [3.05, 3.63) is 35.4 Å². The van der Waals surface area contributed by atoms with Crippen molar-refractivity contribution in [2.24, 2.45) is 5.10 Å². The van der Waals surface area contributed by atoms with Gasteiger partial charge in [0.1, 0.15) is 11.6 Å². The molecule has 0 bridgehead atoms. The molecule has 0 aliphatic carbocycles. The molecule has 0 saturated heterocycles. The second-order valence-corrected chi connectivity index (χ2v) is 4.41. The summed E-state index contributed by atoms with van der Waals surface area (Å²) in [5, 5.41) is 7.15. The molecule has 2 N–H and O–H groups in total. The Labute approximate surface area is 117 Å². The van der Waals surface area contributed by atoms with Gasteiger partial charge in [-0.15, -0.1) is 0 Å². The lowest BCUT2D eigenvalue weighted by Gasteiger charge is -2.05. The van der Waals surface area contributed by atoms with E-state index in [1.165, 1.54) is 18.3 Å². The minimum Gasteiger partial charge on any atom is -0.361 e. The van der Waals surface area contributed by atoms with Gasteiger partial charge in [0.15, 0.2) is 5.11 Å². The normalized spacial score (nSPS) is 10.7. The third-order valence-electron chi connectivity index (χ3n) is 2.40. The Kier molecular flexibility index (Phi) is 6.95. The van der Waals surface area contributed by atoms with E-state index in [-0.39, 0.29) is 5.56 Å². The predicted molar refractivity (Wildman–Crippen MR) is 77.2 cm³/mol. The number of halogens is 2. The lowest BCUT2D eigenvalue weighted by molar-refractivity contribution is 0.582. The number of hydrazone groups is 1. The van der Waals surface area contributed by atoms with Crippen molar-refractivity contribution in [2.45, 2.75) is 26.2 Å². The van der Waals surface area contributed by atoms with E-state index >= 15 is 0 Å². The first-order chi connectivity index (χ1) is 9.13. The van der Waals surface area contributed by atoms with Gasteiger partial charge in [-0.3, -0.25) is 5.43 Å². The number of rotatable bonds is 6. The zero-order chi connectivity index (χ0) is 14.1. The van der Waals surface area contributed by atoms with Gasteiger partial charge in [0.2, 0.25) is 0 Å². The molecule has 0 radical (unpaired) electrons. The van der Waals surface area contributed by atoms with E-state index in [0.717, 1.165) is 31.9 Å². The Balaban J connectivity index is 2.34. The molecular weight excluding hydrogens is 268 g/mol. The van der Waals surface area contributed by atoms with Crippen LogP contribution in [0.5, 0.6) is 0 Å². The Morgan fingerprint density at radius 2 is 2.16 bits per heavy atom. The summed E-state index contributed by atoms with van der Waals surface area (Å²) in [6.07, 6.45) is 4.58. The van der Waals surface area contributed by atoms with E-state index in [4.69, 9.17) is 12.2 Å². The van der Waals surface area contributed by atoms with Crippen molar-refractivity contribution in [2.75, 3.05) is 6.54 Å². The molecule has 0 aromatic heterocycles. The van der Waals surface area contributed by atoms with Crippen molar-refractivity contribution in [3.63, 3.8) is 0 Å². The maximum atomic E-state index is 13.3. The Bertz CT molecular complexity index is 450. The van der Waals surface area contributed by atoms with Crippen LogP contribution in [0.1, 0.15) is 31.7 Å². The van der Waals surface area contributed by atoms with Gasteiger partial charge in [-0.1, -0.05) is 19.8 Å². The van der Waals surface area contributed by atoms with Crippen LogP contribution in [-0.2, 0) is 0 Å². The van der Waals surface area contributed by atoms with Crippen LogP contribution in [0.15, 0.2) is 23.3 Å². The van der Waals surface area contributed by atoms with Crippen LogP contribution in [0.2, 0.25) is 0 Å². The summed E-state index contributed by atoms with van der Waals surface area (Å²) in [5.74, 6) is -1.27. The van der Waals surface area contributed by atoms with Gasteiger partial charge in [-0.05, 0) is 30.8 Å². The summed E-state index contributed by atoms with van der Waals surface area (Å²) in [6.45, 7) is 2.90. The summed E-state index contributed by atoms with van der Waals surface area (Å²) in [5.41, 5.74) is 2.78. The molecule has 104 valence electrons. The molecule has 0 fully saturated rings. The second-order valence-electron chi connectivity index (χ2n) is 4.00. The Morgan fingerprint density at radius 3 is 2.84 bits per heavy atom. The summed E-state index contributed by atoms with van der Waals surface area (Å²) in [6, 6.07) is 3.29. The minimum atomic E-state index is -0.660. The molecule has 0 heterocycles. The topological polar surface area (TPSA) is 36.4 Å². The van der Waals surface area contributed by atoms with E-state index in [2.05, 4.69) is 22.8 Å². The third-order valence-corrected chi connectivity index (χ3v) is 2.63. The predicted octanol–water partition coefficient (Wildman–Crippen LogP) is 2.95. The van der Waals surface area contributed by atoms with E-state index in [1.54, 1.807) is 0 Å². The molecule has 6 heteroatoms. The van der Waals surface area contributed by atoms with E-state index in [0.29, 0.717) is 5.11 Å². The third kappa shape index (κ3) is 6.24. The van der Waals surface area contributed by atoms with E-state index in [1.807, 2.05) is 0 Å². The van der Waals surface area contributed by atoms with Crippen LogP contribution in [0.25, 0.3) is 0 Å². The molecule has 0 amide bonds. The fraction of sp³-hybridized carbons (Fsp3) is 0.385. The van der Waals surface area contributed by atoms with Crippen LogP contribution >= 0.6 is 12.2 Å². The van der Waals surface area contributed by atoms with Gasteiger partial charge in [0.25, 0.3) is 0 Å². The number of benzene rings is 1. The van der Waals surface area contributed by atoms with Crippen molar-refractivity contribution in [3.8, 4) is 0 Å². The van der Waals surface area contributed by atoms with Crippen LogP contribution < -0.4 is 10.7 Å². The number of hydrogen-bond donors (Lipinski definition) is 2. The minimum absolute atomic E-state index is 0.197. The highest BCUT2D eigenvalue weighted by Gasteiger charge is 2.00. The summed E-state index contributed by atoms with van der Waals surface area (Å²) >= 11 is 4.98. The summed E-state index contributed by atoms with van der Waals surface area (Å²) in [7, 11) is 0. The molecule has 0 unspecified atom stereocenters. The average molecular weight is 285 g/mol. The van der Waals surface area contributed by atoms with Gasteiger partial charge in [0, 0.05) is 18.2 Å². The molecule has 1 rings (SSSR count). The zero-order valence-corrected chi connectivity index (χ0v) is 11.6. The Hall–Kier alpha value is -1.56.